The normalized spacial score (nSPS) is 13.2. The SMILES string of the molecule is CCCCCC(=O)Oc1ccc(C[C@H](N)C(=O)O[C@@H](C)C(C)OC(=O)OC(C)C)cc1OC(=O)CCCCC. The molecule has 0 saturated carbocycles. The van der Waals surface area contributed by atoms with Crippen molar-refractivity contribution in [3.63, 3.8) is 0 Å². The summed E-state index contributed by atoms with van der Waals surface area (Å²) in [6.07, 6.45) is 2.98. The maximum Gasteiger partial charge on any atom is 0.508 e. The van der Waals surface area contributed by atoms with Gasteiger partial charge in [0, 0.05) is 12.8 Å². The van der Waals surface area contributed by atoms with Crippen LogP contribution in [0.1, 0.15) is 98.5 Å². The third-order valence-corrected chi connectivity index (χ3v) is 5.76. The third kappa shape index (κ3) is 14.0. The average Bonchev–Trinajstić information content (AvgIpc) is 2.85. The lowest BCUT2D eigenvalue weighted by Crippen LogP contribution is -2.39. The number of hydrogen-bond donors (Lipinski definition) is 1. The lowest BCUT2D eigenvalue weighted by Gasteiger charge is -2.22. The van der Waals surface area contributed by atoms with Gasteiger partial charge in [-0.25, -0.2) is 4.79 Å². The predicted molar refractivity (Wildman–Crippen MR) is 145 cm³/mol. The van der Waals surface area contributed by atoms with Crippen molar-refractivity contribution in [1.82, 2.24) is 0 Å². The van der Waals surface area contributed by atoms with Crippen LogP contribution >= 0.6 is 0 Å². The zero-order valence-electron chi connectivity index (χ0n) is 24.2. The molecule has 10 nitrogen and oxygen atoms in total. The molecule has 0 fully saturated rings. The largest absolute Gasteiger partial charge is 0.508 e. The van der Waals surface area contributed by atoms with Gasteiger partial charge in [-0.1, -0.05) is 45.6 Å². The minimum Gasteiger partial charge on any atom is -0.458 e. The average molecular weight is 552 g/mol. The van der Waals surface area contributed by atoms with Crippen LogP contribution in [0.25, 0.3) is 0 Å². The molecular formula is C29H45NO9. The Kier molecular flexibility index (Phi) is 15.8. The van der Waals surface area contributed by atoms with Crippen LogP contribution in [0.3, 0.4) is 0 Å². The van der Waals surface area contributed by atoms with Crippen LogP contribution in [0.4, 0.5) is 4.79 Å². The summed E-state index contributed by atoms with van der Waals surface area (Å²) in [7, 11) is 0. The Morgan fingerprint density at radius 3 is 1.82 bits per heavy atom. The lowest BCUT2D eigenvalue weighted by molar-refractivity contribution is -0.155. The molecule has 0 radical (unpaired) electrons. The van der Waals surface area contributed by atoms with Crippen molar-refractivity contribution in [1.29, 1.82) is 0 Å². The van der Waals surface area contributed by atoms with Crippen molar-refractivity contribution < 1.29 is 42.9 Å². The highest BCUT2D eigenvalue weighted by atomic mass is 16.7. The van der Waals surface area contributed by atoms with Gasteiger partial charge in [-0.3, -0.25) is 14.4 Å². The fourth-order valence-corrected chi connectivity index (χ4v) is 3.40. The number of unbranched alkanes of at least 4 members (excludes halogenated alkanes) is 4. The highest BCUT2D eigenvalue weighted by Gasteiger charge is 2.25. The number of esters is 3. The van der Waals surface area contributed by atoms with E-state index in [0.717, 1.165) is 25.7 Å². The molecule has 10 heteroatoms. The molecule has 0 amide bonds. The maximum absolute atomic E-state index is 12.6. The first-order valence-electron chi connectivity index (χ1n) is 13.8. The summed E-state index contributed by atoms with van der Waals surface area (Å²) >= 11 is 0. The molecule has 1 aromatic carbocycles. The zero-order valence-corrected chi connectivity index (χ0v) is 24.2. The van der Waals surface area contributed by atoms with E-state index in [1.165, 1.54) is 12.1 Å². The number of carbonyl (C=O) groups is 4. The first-order valence-corrected chi connectivity index (χ1v) is 13.8. The van der Waals surface area contributed by atoms with E-state index in [0.29, 0.717) is 18.4 Å². The molecular weight excluding hydrogens is 506 g/mol. The molecule has 0 saturated heterocycles. The van der Waals surface area contributed by atoms with Crippen LogP contribution in [0, 0.1) is 0 Å². The Morgan fingerprint density at radius 2 is 1.28 bits per heavy atom. The van der Waals surface area contributed by atoms with E-state index in [1.54, 1.807) is 33.8 Å². The van der Waals surface area contributed by atoms with Crippen molar-refractivity contribution in [3.05, 3.63) is 23.8 Å². The second-order valence-corrected chi connectivity index (χ2v) is 9.84. The second-order valence-electron chi connectivity index (χ2n) is 9.84. The van der Waals surface area contributed by atoms with Gasteiger partial charge < -0.3 is 29.4 Å². The summed E-state index contributed by atoms with van der Waals surface area (Å²) in [6.45, 7) is 10.6. The molecule has 3 atom stereocenters. The molecule has 0 aromatic heterocycles. The van der Waals surface area contributed by atoms with Crippen molar-refractivity contribution in [2.75, 3.05) is 0 Å². The van der Waals surface area contributed by atoms with Crippen molar-refractivity contribution >= 4 is 24.1 Å². The summed E-state index contributed by atoms with van der Waals surface area (Å²) in [5, 5.41) is 0. The Bertz CT molecular complexity index is 931. The highest BCUT2D eigenvalue weighted by molar-refractivity contribution is 5.77. The van der Waals surface area contributed by atoms with E-state index in [9.17, 15) is 19.2 Å². The molecule has 0 aliphatic rings. The predicted octanol–water partition coefficient (Wildman–Crippen LogP) is 5.41. The van der Waals surface area contributed by atoms with Crippen molar-refractivity contribution in [3.8, 4) is 11.5 Å². The van der Waals surface area contributed by atoms with E-state index in [1.807, 2.05) is 13.8 Å². The van der Waals surface area contributed by atoms with Crippen LogP contribution in [-0.2, 0) is 35.0 Å². The summed E-state index contributed by atoms with van der Waals surface area (Å²) in [5.41, 5.74) is 6.67. The number of hydrogen-bond acceptors (Lipinski definition) is 10. The van der Waals surface area contributed by atoms with Gasteiger partial charge in [0.25, 0.3) is 0 Å². The number of rotatable bonds is 17. The summed E-state index contributed by atoms with van der Waals surface area (Å²) in [5.74, 6) is -1.32. The fourth-order valence-electron chi connectivity index (χ4n) is 3.40. The highest BCUT2D eigenvalue weighted by Crippen LogP contribution is 2.30. The van der Waals surface area contributed by atoms with Gasteiger partial charge in [0.1, 0.15) is 18.2 Å². The van der Waals surface area contributed by atoms with Crippen LogP contribution < -0.4 is 15.2 Å². The minimum absolute atomic E-state index is 0.0707. The van der Waals surface area contributed by atoms with Gasteiger partial charge in [-0.05, 0) is 64.7 Å². The molecule has 0 heterocycles. The Morgan fingerprint density at radius 1 is 0.744 bits per heavy atom. The third-order valence-electron chi connectivity index (χ3n) is 5.76. The quantitative estimate of drug-likeness (QED) is 0.152. The Hall–Kier alpha value is -3.14. The van der Waals surface area contributed by atoms with E-state index < -0.39 is 42.3 Å². The smallest absolute Gasteiger partial charge is 0.458 e. The van der Waals surface area contributed by atoms with E-state index in [4.69, 9.17) is 29.4 Å². The lowest BCUT2D eigenvalue weighted by atomic mass is 10.1. The second kappa shape index (κ2) is 18.2. The van der Waals surface area contributed by atoms with E-state index >= 15 is 0 Å². The standard InChI is InChI=1S/C29H45NO9/c1-7-9-11-13-26(31)38-24-16-15-22(18-25(24)39-27(32)14-12-10-8-2)17-23(30)28(33)36-20(5)21(6)37-29(34)35-19(3)4/h15-16,18-21,23H,7-14,17,30H2,1-6H3/t20-,21?,23-/m0/s1. The van der Waals surface area contributed by atoms with Crippen LogP contribution in [0.15, 0.2) is 18.2 Å². The molecule has 0 spiro atoms. The molecule has 1 aromatic rings. The molecule has 1 unspecified atom stereocenters. The first kappa shape index (κ1) is 33.9. The van der Waals surface area contributed by atoms with Crippen molar-refractivity contribution in [2.45, 2.75) is 124 Å². The molecule has 0 aliphatic carbocycles. The molecule has 0 bridgehead atoms. The number of benzene rings is 1. The van der Waals surface area contributed by atoms with Gasteiger partial charge >= 0.3 is 24.1 Å². The van der Waals surface area contributed by atoms with E-state index in [-0.39, 0.29) is 36.9 Å². The Balaban J connectivity index is 2.88. The first-order chi connectivity index (χ1) is 18.5. The summed E-state index contributed by atoms with van der Waals surface area (Å²) in [4.78, 5) is 49.0. The maximum atomic E-state index is 12.6. The molecule has 39 heavy (non-hydrogen) atoms. The molecule has 0 aliphatic heterocycles. The van der Waals surface area contributed by atoms with Crippen LogP contribution in [0.2, 0.25) is 0 Å². The van der Waals surface area contributed by atoms with Gasteiger partial charge in [-0.2, -0.15) is 0 Å². The van der Waals surface area contributed by atoms with Gasteiger partial charge in [0.2, 0.25) is 0 Å². The topological polar surface area (TPSA) is 140 Å². The van der Waals surface area contributed by atoms with Crippen LogP contribution in [0.5, 0.6) is 11.5 Å². The molecule has 220 valence electrons. The van der Waals surface area contributed by atoms with E-state index in [2.05, 4.69) is 0 Å². The molecule has 2 N–H and O–H groups in total. The summed E-state index contributed by atoms with van der Waals surface area (Å²) < 4.78 is 26.4. The number of ether oxygens (including phenoxy) is 5. The van der Waals surface area contributed by atoms with Crippen LogP contribution in [-0.4, -0.2) is 48.4 Å². The zero-order chi connectivity index (χ0) is 29.4. The van der Waals surface area contributed by atoms with Gasteiger partial charge in [0.05, 0.1) is 6.10 Å². The molecule has 1 rings (SSSR count). The van der Waals surface area contributed by atoms with Gasteiger partial charge in [0.15, 0.2) is 11.5 Å². The number of carbonyl (C=O) groups excluding carboxylic acids is 4. The van der Waals surface area contributed by atoms with Crippen molar-refractivity contribution in [2.24, 2.45) is 5.73 Å². The Labute approximate surface area is 231 Å². The summed E-state index contributed by atoms with van der Waals surface area (Å²) in [6, 6.07) is 3.67. The monoisotopic (exact) mass is 551 g/mol. The number of nitrogens with two attached hydrogens (primary N) is 1. The minimum atomic E-state index is -1.04. The van der Waals surface area contributed by atoms with Gasteiger partial charge in [-0.15, -0.1) is 0 Å². The fraction of sp³-hybridized carbons (Fsp3) is 0.655.